The number of hydrogen-bond acceptors (Lipinski definition) is 6. The van der Waals surface area contributed by atoms with Gasteiger partial charge >= 0.3 is 11.9 Å². The number of carbonyl (C=O) groups excluding carboxylic acids is 3. The third-order valence-electron chi connectivity index (χ3n) is 6.03. The Bertz CT molecular complexity index is 1160. The Morgan fingerprint density at radius 1 is 0.895 bits per heavy atom. The van der Waals surface area contributed by atoms with Gasteiger partial charge in [-0.3, -0.25) is 19.2 Å². The van der Waals surface area contributed by atoms with Gasteiger partial charge in [-0.1, -0.05) is 45.9 Å². The maximum atomic E-state index is 13.4. The van der Waals surface area contributed by atoms with E-state index in [9.17, 15) is 29.1 Å². The van der Waals surface area contributed by atoms with Crippen molar-refractivity contribution in [2.24, 2.45) is 17.6 Å². The van der Waals surface area contributed by atoms with Crippen molar-refractivity contribution in [3.63, 3.8) is 0 Å². The number of nitrogens with two attached hydrogens (primary N) is 1. The van der Waals surface area contributed by atoms with Crippen molar-refractivity contribution in [2.75, 3.05) is 0 Å². The largest absolute Gasteiger partial charge is 0.481 e. The highest BCUT2D eigenvalue weighted by atomic mass is 16.4. The molecule has 8 N–H and O–H groups in total. The van der Waals surface area contributed by atoms with Gasteiger partial charge in [0.1, 0.15) is 18.1 Å². The van der Waals surface area contributed by atoms with Crippen LogP contribution in [-0.2, 0) is 30.4 Å². The van der Waals surface area contributed by atoms with Crippen LogP contribution in [0.2, 0.25) is 0 Å². The van der Waals surface area contributed by atoms with Crippen molar-refractivity contribution in [3.8, 4) is 0 Å². The molecule has 12 nitrogen and oxygen atoms in total. The van der Waals surface area contributed by atoms with Gasteiger partial charge in [0.05, 0.1) is 12.5 Å². The number of carbonyl (C=O) groups is 5. The first kappa shape index (κ1) is 30.3. The lowest BCUT2D eigenvalue weighted by molar-refractivity contribution is -0.143. The number of hydrogen-bond donors (Lipinski definition) is 7. The summed E-state index contributed by atoms with van der Waals surface area (Å²) < 4.78 is 0. The fourth-order valence-electron chi connectivity index (χ4n) is 4.03. The topological polar surface area (TPSA) is 204 Å². The summed E-state index contributed by atoms with van der Waals surface area (Å²) in [6.45, 7) is 7.00. The Balaban J connectivity index is 2.32. The summed E-state index contributed by atoms with van der Waals surface area (Å²) in [6, 6.07) is 2.57. The standard InChI is InChI=1S/C26H37N5O7/c1-13(2)9-19(25(36)31-22(14(3)4)26(37)38)30-24(35)20(29-23(34)17(27)11-21(32)33)10-15-12-28-18-8-6-5-7-16(15)18/h5-8,12-14,17,19-20,22,28H,9-11,27H2,1-4H3,(H,29,34)(H,30,35)(H,31,36)(H,32,33)(H,37,38). The molecule has 208 valence electrons. The van der Waals surface area contributed by atoms with E-state index in [2.05, 4.69) is 20.9 Å². The van der Waals surface area contributed by atoms with Crippen molar-refractivity contribution in [1.29, 1.82) is 0 Å². The SMILES string of the molecule is CC(C)CC(NC(=O)C(Cc1c[nH]c2ccccc12)NC(=O)C(N)CC(=O)O)C(=O)NC(C(=O)O)C(C)C. The number of nitrogens with one attached hydrogen (secondary N) is 4. The number of aliphatic carboxylic acids is 2. The molecule has 2 aromatic rings. The van der Waals surface area contributed by atoms with Gasteiger partial charge in [-0.25, -0.2) is 4.79 Å². The Morgan fingerprint density at radius 3 is 2.08 bits per heavy atom. The van der Waals surface area contributed by atoms with Gasteiger partial charge in [-0.05, 0) is 29.9 Å². The highest BCUT2D eigenvalue weighted by Crippen LogP contribution is 2.19. The average molecular weight is 532 g/mol. The van der Waals surface area contributed by atoms with E-state index in [4.69, 9.17) is 10.8 Å². The predicted octanol–water partition coefficient (Wildman–Crippen LogP) is 0.754. The summed E-state index contributed by atoms with van der Waals surface area (Å²) in [7, 11) is 0. The van der Waals surface area contributed by atoms with E-state index in [-0.39, 0.29) is 18.8 Å². The maximum Gasteiger partial charge on any atom is 0.326 e. The molecule has 0 spiro atoms. The van der Waals surface area contributed by atoms with Crippen molar-refractivity contribution >= 4 is 40.6 Å². The molecule has 0 aliphatic heterocycles. The zero-order chi connectivity index (χ0) is 28.6. The summed E-state index contributed by atoms with van der Waals surface area (Å²) in [5.41, 5.74) is 7.24. The van der Waals surface area contributed by atoms with E-state index in [1.165, 1.54) is 0 Å². The molecule has 0 saturated heterocycles. The number of benzene rings is 1. The van der Waals surface area contributed by atoms with Gasteiger partial charge in [0, 0.05) is 23.5 Å². The summed E-state index contributed by atoms with van der Waals surface area (Å²) >= 11 is 0. The molecule has 1 aromatic carbocycles. The molecule has 4 unspecified atom stereocenters. The molecule has 2 rings (SSSR count). The quantitative estimate of drug-likeness (QED) is 0.185. The van der Waals surface area contributed by atoms with Gasteiger partial charge in [-0.2, -0.15) is 0 Å². The summed E-state index contributed by atoms with van der Waals surface area (Å²) in [6.07, 6.45) is 1.32. The van der Waals surface area contributed by atoms with E-state index in [1.807, 2.05) is 38.1 Å². The van der Waals surface area contributed by atoms with E-state index >= 15 is 0 Å². The molecular formula is C26H37N5O7. The number of H-pyrrole nitrogens is 1. The number of carboxylic acids is 2. The molecule has 0 fully saturated rings. The molecule has 38 heavy (non-hydrogen) atoms. The maximum absolute atomic E-state index is 13.4. The van der Waals surface area contributed by atoms with Gasteiger partial charge in [0.15, 0.2) is 0 Å². The van der Waals surface area contributed by atoms with Crippen LogP contribution in [0, 0.1) is 11.8 Å². The second-order valence-corrected chi connectivity index (χ2v) is 10.1. The van der Waals surface area contributed by atoms with E-state index < -0.39 is 66.2 Å². The molecule has 0 aliphatic carbocycles. The third kappa shape index (κ3) is 8.58. The van der Waals surface area contributed by atoms with Gasteiger partial charge in [0.2, 0.25) is 17.7 Å². The number of amides is 3. The fourth-order valence-corrected chi connectivity index (χ4v) is 4.03. The van der Waals surface area contributed by atoms with Gasteiger partial charge in [0.25, 0.3) is 0 Å². The molecule has 1 heterocycles. The Hall–Kier alpha value is -3.93. The van der Waals surface area contributed by atoms with Crippen LogP contribution in [0.5, 0.6) is 0 Å². The van der Waals surface area contributed by atoms with Crippen LogP contribution in [-0.4, -0.2) is 69.0 Å². The molecule has 4 atom stereocenters. The van der Waals surface area contributed by atoms with E-state index in [1.54, 1.807) is 20.0 Å². The van der Waals surface area contributed by atoms with Gasteiger partial charge in [-0.15, -0.1) is 0 Å². The second kappa shape index (κ2) is 13.6. The third-order valence-corrected chi connectivity index (χ3v) is 6.03. The lowest BCUT2D eigenvalue weighted by atomic mass is 9.99. The van der Waals surface area contributed by atoms with Crippen LogP contribution in [0.4, 0.5) is 0 Å². The molecule has 3 amide bonds. The van der Waals surface area contributed by atoms with Crippen LogP contribution in [0.1, 0.15) is 46.1 Å². The monoisotopic (exact) mass is 531 g/mol. The van der Waals surface area contributed by atoms with E-state index in [0.29, 0.717) is 5.56 Å². The molecule has 12 heteroatoms. The number of rotatable bonds is 14. The molecule has 0 bridgehead atoms. The van der Waals surface area contributed by atoms with Crippen molar-refractivity contribution in [2.45, 2.75) is 71.1 Å². The Kier molecular flexibility index (Phi) is 10.8. The van der Waals surface area contributed by atoms with E-state index in [0.717, 1.165) is 10.9 Å². The minimum atomic E-state index is -1.39. The molecule has 1 aromatic heterocycles. The molecule has 0 aliphatic rings. The molecule has 0 saturated carbocycles. The average Bonchev–Trinajstić information content (AvgIpc) is 3.23. The Morgan fingerprint density at radius 2 is 1.50 bits per heavy atom. The lowest BCUT2D eigenvalue weighted by Crippen LogP contribution is -2.58. The lowest BCUT2D eigenvalue weighted by Gasteiger charge is -2.27. The predicted molar refractivity (Wildman–Crippen MR) is 140 cm³/mol. The number of aromatic nitrogens is 1. The second-order valence-electron chi connectivity index (χ2n) is 10.1. The van der Waals surface area contributed by atoms with Crippen LogP contribution in [0.15, 0.2) is 30.5 Å². The minimum Gasteiger partial charge on any atom is -0.481 e. The van der Waals surface area contributed by atoms with Crippen LogP contribution in [0.3, 0.4) is 0 Å². The normalized spacial score (nSPS) is 14.5. The number of aromatic amines is 1. The highest BCUT2D eigenvalue weighted by Gasteiger charge is 2.32. The highest BCUT2D eigenvalue weighted by molar-refractivity contribution is 5.95. The van der Waals surface area contributed by atoms with Crippen molar-refractivity contribution < 1.29 is 34.2 Å². The van der Waals surface area contributed by atoms with Gasteiger partial charge < -0.3 is 36.9 Å². The first-order valence-electron chi connectivity index (χ1n) is 12.5. The van der Waals surface area contributed by atoms with Crippen LogP contribution >= 0.6 is 0 Å². The number of fused-ring (bicyclic) bond motifs is 1. The van der Waals surface area contributed by atoms with Crippen LogP contribution in [0.25, 0.3) is 10.9 Å². The first-order chi connectivity index (χ1) is 17.8. The van der Waals surface area contributed by atoms with Crippen LogP contribution < -0.4 is 21.7 Å². The summed E-state index contributed by atoms with van der Waals surface area (Å²) in [5.74, 6) is -5.06. The Labute approximate surface area is 220 Å². The fraction of sp³-hybridized carbons (Fsp3) is 0.500. The van der Waals surface area contributed by atoms with Crippen molar-refractivity contribution in [1.82, 2.24) is 20.9 Å². The number of para-hydroxylation sites is 1. The zero-order valence-electron chi connectivity index (χ0n) is 22.0. The molecule has 0 radical (unpaired) electrons. The summed E-state index contributed by atoms with van der Waals surface area (Å²) in [4.78, 5) is 64.8. The minimum absolute atomic E-state index is 0.0287. The first-order valence-corrected chi connectivity index (χ1v) is 12.5. The van der Waals surface area contributed by atoms with Crippen molar-refractivity contribution in [3.05, 3.63) is 36.0 Å². The summed E-state index contributed by atoms with van der Waals surface area (Å²) in [5, 5.41) is 26.9. The smallest absolute Gasteiger partial charge is 0.326 e. The zero-order valence-corrected chi connectivity index (χ0v) is 22.0. The number of carboxylic acid groups (broad SMARTS) is 2. The molecular weight excluding hydrogens is 494 g/mol.